The van der Waals surface area contributed by atoms with E-state index in [2.05, 4.69) is 10.2 Å². The Balaban J connectivity index is 1.66. The van der Waals surface area contributed by atoms with Crippen LogP contribution in [0.1, 0.15) is 37.5 Å². The summed E-state index contributed by atoms with van der Waals surface area (Å²) in [5, 5.41) is 16.9. The molecule has 5 nitrogen and oxygen atoms in total. The van der Waals surface area contributed by atoms with E-state index in [1.807, 2.05) is 0 Å². The zero-order valence-corrected chi connectivity index (χ0v) is 10.2. The van der Waals surface area contributed by atoms with Crippen molar-refractivity contribution in [1.82, 2.24) is 10.2 Å². The minimum atomic E-state index is -0.866. The zero-order chi connectivity index (χ0) is 11.8. The first-order valence-corrected chi connectivity index (χ1v) is 6.89. The largest absolute Gasteiger partial charge is 0.481 e. The third-order valence-corrected chi connectivity index (χ3v) is 4.60. The first-order chi connectivity index (χ1) is 8.22. The van der Waals surface area contributed by atoms with Crippen LogP contribution in [0.2, 0.25) is 0 Å². The predicted molar refractivity (Wildman–Crippen MR) is 60.8 cm³/mol. The van der Waals surface area contributed by atoms with E-state index < -0.39 is 5.97 Å². The highest BCUT2D eigenvalue weighted by Gasteiger charge is 2.42. The van der Waals surface area contributed by atoms with E-state index in [-0.39, 0.29) is 5.75 Å². The predicted octanol–water partition coefficient (Wildman–Crippen LogP) is 2.15. The molecule has 6 heteroatoms. The van der Waals surface area contributed by atoms with Crippen molar-refractivity contribution in [2.75, 3.05) is 5.75 Å². The molecule has 17 heavy (non-hydrogen) atoms. The first-order valence-electron chi connectivity index (χ1n) is 5.90. The summed E-state index contributed by atoms with van der Waals surface area (Å²) in [6, 6.07) is 0. The molecule has 0 amide bonds. The van der Waals surface area contributed by atoms with Crippen LogP contribution in [0.3, 0.4) is 0 Å². The minimum absolute atomic E-state index is 0.0294. The van der Waals surface area contributed by atoms with E-state index in [9.17, 15) is 4.79 Å². The Hall–Kier alpha value is -1.04. The zero-order valence-electron chi connectivity index (χ0n) is 9.33. The number of aliphatic carboxylic acids is 1. The second kappa shape index (κ2) is 4.33. The number of aromatic nitrogens is 2. The van der Waals surface area contributed by atoms with Crippen LogP contribution in [0.25, 0.3) is 0 Å². The molecule has 2 aliphatic rings. The van der Waals surface area contributed by atoms with Crippen molar-refractivity contribution in [2.24, 2.45) is 11.8 Å². The van der Waals surface area contributed by atoms with Crippen LogP contribution < -0.4 is 0 Å². The lowest BCUT2D eigenvalue weighted by Crippen LogP contribution is -2.08. The summed E-state index contributed by atoms with van der Waals surface area (Å²) in [5.74, 6) is 1.78. The van der Waals surface area contributed by atoms with Gasteiger partial charge in [0, 0.05) is 5.92 Å². The summed E-state index contributed by atoms with van der Waals surface area (Å²) < 4.78 is 5.55. The Morgan fingerprint density at radius 1 is 1.41 bits per heavy atom. The lowest BCUT2D eigenvalue weighted by atomic mass is 9.89. The second-order valence-electron chi connectivity index (χ2n) is 4.87. The number of hydrogen-bond acceptors (Lipinski definition) is 5. The molecule has 1 N–H and O–H groups in total. The highest BCUT2D eigenvalue weighted by molar-refractivity contribution is 7.99. The fourth-order valence-corrected chi connectivity index (χ4v) is 3.59. The fourth-order valence-electron chi connectivity index (χ4n) is 3.10. The standard InChI is InChI=1S/C11H14N2O3S/c14-9(15)5-17-11-13-12-10(16-11)8-4-6-1-2-7(8)3-6/h6-8H,1-5H2,(H,14,15). The maximum absolute atomic E-state index is 10.4. The van der Waals surface area contributed by atoms with Gasteiger partial charge in [0.2, 0.25) is 5.89 Å². The third-order valence-electron chi connectivity index (χ3n) is 3.80. The van der Waals surface area contributed by atoms with Crippen molar-refractivity contribution in [2.45, 2.75) is 36.8 Å². The van der Waals surface area contributed by atoms with Gasteiger partial charge in [0.1, 0.15) is 5.75 Å². The molecule has 92 valence electrons. The van der Waals surface area contributed by atoms with Gasteiger partial charge in [0.25, 0.3) is 5.22 Å². The SMILES string of the molecule is O=C(O)CSc1nnc(C2CC3CCC2C3)o1. The van der Waals surface area contributed by atoms with Gasteiger partial charge in [0.15, 0.2) is 0 Å². The minimum Gasteiger partial charge on any atom is -0.481 e. The summed E-state index contributed by atoms with van der Waals surface area (Å²) in [5.41, 5.74) is 0. The van der Waals surface area contributed by atoms with Gasteiger partial charge >= 0.3 is 5.97 Å². The number of hydrogen-bond donors (Lipinski definition) is 1. The van der Waals surface area contributed by atoms with Gasteiger partial charge in [-0.25, -0.2) is 0 Å². The van der Waals surface area contributed by atoms with Crippen molar-refractivity contribution in [3.63, 3.8) is 0 Å². The van der Waals surface area contributed by atoms with Gasteiger partial charge in [-0.15, -0.1) is 10.2 Å². The highest BCUT2D eigenvalue weighted by Crippen LogP contribution is 2.52. The van der Waals surface area contributed by atoms with Crippen molar-refractivity contribution in [3.8, 4) is 0 Å². The molecule has 0 saturated heterocycles. The molecule has 1 aromatic heterocycles. The number of carbonyl (C=O) groups is 1. The normalized spacial score (nSPS) is 30.9. The number of carboxylic acid groups (broad SMARTS) is 1. The topological polar surface area (TPSA) is 76.2 Å². The number of thioether (sulfide) groups is 1. The van der Waals surface area contributed by atoms with E-state index >= 15 is 0 Å². The van der Waals surface area contributed by atoms with Crippen LogP contribution in [0, 0.1) is 11.8 Å². The Bertz CT molecular complexity index is 434. The molecule has 0 spiro atoms. The maximum Gasteiger partial charge on any atom is 0.314 e. The van der Waals surface area contributed by atoms with Gasteiger partial charge in [-0.1, -0.05) is 18.2 Å². The quantitative estimate of drug-likeness (QED) is 0.830. The average Bonchev–Trinajstić information content (AvgIpc) is 3.01. The number of fused-ring (bicyclic) bond motifs is 2. The Labute approximate surface area is 103 Å². The van der Waals surface area contributed by atoms with Crippen LogP contribution in [-0.4, -0.2) is 27.0 Å². The molecular weight excluding hydrogens is 240 g/mol. The summed E-state index contributed by atoms with van der Waals surface area (Å²) in [6.07, 6.45) is 5.08. The third kappa shape index (κ3) is 2.18. The summed E-state index contributed by atoms with van der Waals surface area (Å²) in [7, 11) is 0. The second-order valence-corrected chi connectivity index (χ2v) is 5.80. The van der Waals surface area contributed by atoms with Crippen LogP contribution in [0.4, 0.5) is 0 Å². The molecule has 0 aliphatic heterocycles. The van der Waals surface area contributed by atoms with Crippen LogP contribution in [-0.2, 0) is 4.79 Å². The van der Waals surface area contributed by atoms with Gasteiger partial charge in [-0.3, -0.25) is 4.79 Å². The molecule has 1 heterocycles. The lowest BCUT2D eigenvalue weighted by molar-refractivity contribution is -0.133. The van der Waals surface area contributed by atoms with Gasteiger partial charge in [0.05, 0.1) is 0 Å². The molecule has 2 saturated carbocycles. The van der Waals surface area contributed by atoms with E-state index in [0.717, 1.165) is 24.1 Å². The van der Waals surface area contributed by atoms with Gasteiger partial charge in [-0.2, -0.15) is 0 Å². The van der Waals surface area contributed by atoms with E-state index in [0.29, 0.717) is 22.9 Å². The Morgan fingerprint density at radius 2 is 2.29 bits per heavy atom. The van der Waals surface area contributed by atoms with Crippen molar-refractivity contribution in [1.29, 1.82) is 0 Å². The van der Waals surface area contributed by atoms with E-state index in [1.54, 1.807) is 0 Å². The Morgan fingerprint density at radius 3 is 2.94 bits per heavy atom. The summed E-state index contributed by atoms with van der Waals surface area (Å²) in [6.45, 7) is 0. The van der Waals surface area contributed by atoms with E-state index in [4.69, 9.17) is 9.52 Å². The molecule has 0 radical (unpaired) electrons. The summed E-state index contributed by atoms with van der Waals surface area (Å²) in [4.78, 5) is 10.4. The van der Waals surface area contributed by atoms with Crippen LogP contribution in [0.15, 0.2) is 9.64 Å². The van der Waals surface area contributed by atoms with Crippen molar-refractivity contribution >= 4 is 17.7 Å². The summed E-state index contributed by atoms with van der Waals surface area (Å²) >= 11 is 1.09. The highest BCUT2D eigenvalue weighted by atomic mass is 32.2. The molecule has 3 unspecified atom stereocenters. The number of nitrogens with zero attached hydrogens (tertiary/aromatic N) is 2. The molecule has 1 aromatic rings. The average molecular weight is 254 g/mol. The molecule has 2 bridgehead atoms. The Kier molecular flexibility index (Phi) is 2.82. The molecule has 3 rings (SSSR count). The number of carboxylic acids is 1. The first kappa shape index (κ1) is 11.1. The number of rotatable bonds is 4. The van der Waals surface area contributed by atoms with E-state index in [1.165, 1.54) is 19.3 Å². The maximum atomic E-state index is 10.4. The fraction of sp³-hybridized carbons (Fsp3) is 0.727. The molecular formula is C11H14N2O3S. The van der Waals surface area contributed by atoms with Crippen LogP contribution >= 0.6 is 11.8 Å². The van der Waals surface area contributed by atoms with Gasteiger partial charge < -0.3 is 9.52 Å². The van der Waals surface area contributed by atoms with Crippen molar-refractivity contribution in [3.05, 3.63) is 5.89 Å². The van der Waals surface area contributed by atoms with Crippen molar-refractivity contribution < 1.29 is 14.3 Å². The molecule has 2 aliphatic carbocycles. The molecule has 2 fully saturated rings. The van der Waals surface area contributed by atoms with Gasteiger partial charge in [-0.05, 0) is 31.1 Å². The molecule has 0 aromatic carbocycles. The molecule has 3 atom stereocenters. The lowest BCUT2D eigenvalue weighted by Gasteiger charge is -2.17. The smallest absolute Gasteiger partial charge is 0.314 e. The van der Waals surface area contributed by atoms with Crippen LogP contribution in [0.5, 0.6) is 0 Å². The monoisotopic (exact) mass is 254 g/mol.